The zero-order chi connectivity index (χ0) is 13.3. The first kappa shape index (κ1) is 12.9. The molecule has 0 radical (unpaired) electrons. The van der Waals surface area contributed by atoms with Crippen molar-refractivity contribution in [3.63, 3.8) is 0 Å². The number of anilines is 2. The SMILES string of the molecule is CC1CCCN1c1cc(OC(F)F)c(F)cc1N. The van der Waals surface area contributed by atoms with Gasteiger partial charge in [0.05, 0.1) is 11.4 Å². The summed E-state index contributed by atoms with van der Waals surface area (Å²) in [6.07, 6.45) is 2.00. The number of benzene rings is 1. The van der Waals surface area contributed by atoms with Crippen molar-refractivity contribution in [3.8, 4) is 5.75 Å². The molecule has 1 heterocycles. The molecule has 1 aliphatic rings. The Morgan fingerprint density at radius 3 is 2.72 bits per heavy atom. The zero-order valence-corrected chi connectivity index (χ0v) is 10.00. The molecule has 0 amide bonds. The van der Waals surface area contributed by atoms with Gasteiger partial charge in [-0.05, 0) is 19.8 Å². The number of halogens is 3. The van der Waals surface area contributed by atoms with Gasteiger partial charge in [-0.15, -0.1) is 0 Å². The molecule has 18 heavy (non-hydrogen) atoms. The van der Waals surface area contributed by atoms with Crippen LogP contribution in [0.2, 0.25) is 0 Å². The molecule has 2 rings (SSSR count). The highest BCUT2D eigenvalue weighted by Crippen LogP contribution is 2.35. The van der Waals surface area contributed by atoms with Gasteiger partial charge in [0.1, 0.15) is 0 Å². The maximum absolute atomic E-state index is 13.4. The first-order valence-electron chi connectivity index (χ1n) is 5.79. The van der Waals surface area contributed by atoms with Crippen LogP contribution < -0.4 is 15.4 Å². The molecule has 0 aliphatic carbocycles. The molecular formula is C12H15F3N2O. The molecule has 100 valence electrons. The maximum atomic E-state index is 13.4. The highest BCUT2D eigenvalue weighted by Gasteiger charge is 2.24. The average Bonchev–Trinajstić information content (AvgIpc) is 2.68. The van der Waals surface area contributed by atoms with Gasteiger partial charge in [-0.1, -0.05) is 0 Å². The van der Waals surface area contributed by atoms with E-state index in [2.05, 4.69) is 4.74 Å². The van der Waals surface area contributed by atoms with E-state index >= 15 is 0 Å². The summed E-state index contributed by atoms with van der Waals surface area (Å²) in [7, 11) is 0. The van der Waals surface area contributed by atoms with Gasteiger partial charge in [-0.25, -0.2) is 4.39 Å². The lowest BCUT2D eigenvalue weighted by molar-refractivity contribution is -0.0521. The minimum absolute atomic E-state index is 0.239. The normalized spacial score (nSPS) is 19.6. The van der Waals surface area contributed by atoms with E-state index in [0.29, 0.717) is 5.69 Å². The molecule has 1 aromatic carbocycles. The van der Waals surface area contributed by atoms with Crippen LogP contribution in [-0.2, 0) is 0 Å². The molecule has 0 saturated carbocycles. The van der Waals surface area contributed by atoms with E-state index < -0.39 is 18.2 Å². The Balaban J connectivity index is 2.34. The van der Waals surface area contributed by atoms with Crippen LogP contribution in [-0.4, -0.2) is 19.2 Å². The maximum Gasteiger partial charge on any atom is 0.387 e. The van der Waals surface area contributed by atoms with Gasteiger partial charge in [0.2, 0.25) is 0 Å². The van der Waals surface area contributed by atoms with Crippen molar-refractivity contribution in [1.29, 1.82) is 0 Å². The number of rotatable bonds is 3. The van der Waals surface area contributed by atoms with E-state index in [1.165, 1.54) is 6.07 Å². The summed E-state index contributed by atoms with van der Waals surface area (Å²) in [6.45, 7) is -0.249. The lowest BCUT2D eigenvalue weighted by atomic mass is 10.2. The van der Waals surface area contributed by atoms with Crippen molar-refractivity contribution in [2.24, 2.45) is 0 Å². The number of hydrogen-bond donors (Lipinski definition) is 1. The number of ether oxygens (including phenoxy) is 1. The van der Waals surface area contributed by atoms with E-state index in [9.17, 15) is 13.2 Å². The first-order chi connectivity index (χ1) is 8.49. The lowest BCUT2D eigenvalue weighted by Crippen LogP contribution is -2.27. The Labute approximate surface area is 103 Å². The van der Waals surface area contributed by atoms with Crippen LogP contribution in [0.1, 0.15) is 19.8 Å². The topological polar surface area (TPSA) is 38.5 Å². The van der Waals surface area contributed by atoms with E-state index in [1.807, 2.05) is 11.8 Å². The van der Waals surface area contributed by atoms with Gasteiger partial charge in [-0.3, -0.25) is 0 Å². The van der Waals surface area contributed by atoms with Crippen LogP contribution in [0.25, 0.3) is 0 Å². The van der Waals surface area contributed by atoms with Crippen LogP contribution in [0.5, 0.6) is 5.75 Å². The first-order valence-corrected chi connectivity index (χ1v) is 5.79. The third-order valence-corrected chi connectivity index (χ3v) is 3.16. The molecule has 0 spiro atoms. The molecular weight excluding hydrogens is 245 g/mol. The number of hydrogen-bond acceptors (Lipinski definition) is 3. The quantitative estimate of drug-likeness (QED) is 0.849. The predicted octanol–water partition coefficient (Wildman–Crippen LogP) is 3.00. The second kappa shape index (κ2) is 4.96. The molecule has 6 heteroatoms. The fourth-order valence-electron chi connectivity index (χ4n) is 2.28. The summed E-state index contributed by atoms with van der Waals surface area (Å²) in [6, 6.07) is 2.54. The van der Waals surface area contributed by atoms with Crippen molar-refractivity contribution in [3.05, 3.63) is 17.9 Å². The Hall–Kier alpha value is -1.59. The van der Waals surface area contributed by atoms with Crippen LogP contribution >= 0.6 is 0 Å². The van der Waals surface area contributed by atoms with Gasteiger partial charge in [0.25, 0.3) is 0 Å². The van der Waals surface area contributed by atoms with Gasteiger partial charge < -0.3 is 15.4 Å². The van der Waals surface area contributed by atoms with E-state index in [-0.39, 0.29) is 11.7 Å². The number of nitrogens with zero attached hydrogens (tertiary/aromatic N) is 1. The lowest BCUT2D eigenvalue weighted by Gasteiger charge is -2.26. The molecule has 2 N–H and O–H groups in total. The molecule has 1 fully saturated rings. The Morgan fingerprint density at radius 1 is 1.44 bits per heavy atom. The van der Waals surface area contributed by atoms with Crippen LogP contribution in [0, 0.1) is 5.82 Å². The van der Waals surface area contributed by atoms with E-state index in [1.54, 1.807) is 0 Å². The monoisotopic (exact) mass is 260 g/mol. The summed E-state index contributed by atoms with van der Waals surface area (Å²) in [5, 5.41) is 0. The number of nitrogen functional groups attached to an aromatic ring is 1. The predicted molar refractivity (Wildman–Crippen MR) is 63.5 cm³/mol. The summed E-state index contributed by atoms with van der Waals surface area (Å²) < 4.78 is 41.9. The van der Waals surface area contributed by atoms with Crippen molar-refractivity contribution in [2.45, 2.75) is 32.4 Å². The average molecular weight is 260 g/mol. The molecule has 0 bridgehead atoms. The summed E-state index contributed by atoms with van der Waals surface area (Å²) in [5.41, 5.74) is 6.53. The van der Waals surface area contributed by atoms with Crippen molar-refractivity contribution in [2.75, 3.05) is 17.2 Å². The fourth-order valence-corrected chi connectivity index (χ4v) is 2.28. The largest absolute Gasteiger partial charge is 0.432 e. The number of alkyl halides is 2. The minimum Gasteiger partial charge on any atom is -0.432 e. The Bertz CT molecular complexity index is 440. The van der Waals surface area contributed by atoms with Crippen LogP contribution in [0.4, 0.5) is 24.5 Å². The summed E-state index contributed by atoms with van der Waals surface area (Å²) >= 11 is 0. The second-order valence-corrected chi connectivity index (χ2v) is 4.40. The molecule has 1 atom stereocenters. The van der Waals surface area contributed by atoms with E-state index in [4.69, 9.17) is 5.73 Å². The van der Waals surface area contributed by atoms with Gasteiger partial charge in [-0.2, -0.15) is 8.78 Å². The molecule has 0 aromatic heterocycles. The van der Waals surface area contributed by atoms with Gasteiger partial charge in [0.15, 0.2) is 11.6 Å². The summed E-state index contributed by atoms with van der Waals surface area (Å²) in [4.78, 5) is 1.98. The molecule has 1 aromatic rings. The van der Waals surface area contributed by atoms with Crippen molar-refractivity contribution in [1.82, 2.24) is 0 Å². The van der Waals surface area contributed by atoms with Gasteiger partial charge >= 0.3 is 6.61 Å². The van der Waals surface area contributed by atoms with Crippen molar-refractivity contribution < 1.29 is 17.9 Å². The third-order valence-electron chi connectivity index (χ3n) is 3.16. The third kappa shape index (κ3) is 2.47. The zero-order valence-electron chi connectivity index (χ0n) is 10.00. The Kier molecular flexibility index (Phi) is 3.54. The summed E-state index contributed by atoms with van der Waals surface area (Å²) in [5.74, 6) is -1.34. The fraction of sp³-hybridized carbons (Fsp3) is 0.500. The highest BCUT2D eigenvalue weighted by molar-refractivity contribution is 5.70. The molecule has 3 nitrogen and oxygen atoms in total. The van der Waals surface area contributed by atoms with Crippen LogP contribution in [0.3, 0.4) is 0 Å². The van der Waals surface area contributed by atoms with Crippen molar-refractivity contribution >= 4 is 11.4 Å². The van der Waals surface area contributed by atoms with Crippen LogP contribution in [0.15, 0.2) is 12.1 Å². The van der Waals surface area contributed by atoms with Gasteiger partial charge in [0, 0.05) is 24.7 Å². The number of nitrogens with two attached hydrogens (primary N) is 1. The minimum atomic E-state index is -3.05. The second-order valence-electron chi connectivity index (χ2n) is 4.40. The smallest absolute Gasteiger partial charge is 0.387 e. The standard InChI is InChI=1S/C12H15F3N2O/c1-7-3-2-4-17(7)10-6-11(18-12(14)15)8(13)5-9(10)16/h5-7,12H,2-4,16H2,1H3. The Morgan fingerprint density at radius 2 is 2.17 bits per heavy atom. The molecule has 1 aliphatic heterocycles. The highest BCUT2D eigenvalue weighted by atomic mass is 19.3. The molecule has 1 saturated heterocycles. The van der Waals surface area contributed by atoms with E-state index in [0.717, 1.165) is 25.5 Å². The molecule has 1 unspecified atom stereocenters.